The zero-order chi connectivity index (χ0) is 29.3. The molecule has 0 spiro atoms. The van der Waals surface area contributed by atoms with Crippen LogP contribution >= 0.6 is 0 Å². The van der Waals surface area contributed by atoms with E-state index < -0.39 is 5.97 Å². The lowest BCUT2D eigenvalue weighted by Crippen LogP contribution is -2.28. The Morgan fingerprint density at radius 1 is 0.878 bits per heavy atom. The topological polar surface area (TPSA) is 150 Å². The van der Waals surface area contributed by atoms with E-state index in [1.165, 1.54) is 54.5 Å². The van der Waals surface area contributed by atoms with Gasteiger partial charge in [-0.1, -0.05) is 87.4 Å². The second-order valence-corrected chi connectivity index (χ2v) is 10.8. The van der Waals surface area contributed by atoms with Crippen molar-refractivity contribution in [2.24, 2.45) is 16.5 Å². The van der Waals surface area contributed by atoms with Crippen molar-refractivity contribution in [1.82, 2.24) is 4.98 Å². The van der Waals surface area contributed by atoms with Gasteiger partial charge in [-0.15, -0.1) is 0 Å². The third-order valence-corrected chi connectivity index (χ3v) is 7.64. The van der Waals surface area contributed by atoms with Crippen LogP contribution in [-0.2, 0) is 4.79 Å². The summed E-state index contributed by atoms with van der Waals surface area (Å²) in [6.07, 6.45) is 15.0. The Morgan fingerprint density at radius 2 is 1.59 bits per heavy atom. The first-order valence-electron chi connectivity index (χ1n) is 14.9. The van der Waals surface area contributed by atoms with E-state index in [9.17, 15) is 9.90 Å². The number of aromatic amines is 1. The van der Waals surface area contributed by atoms with Crippen LogP contribution in [0.2, 0.25) is 0 Å². The average Bonchev–Trinajstić information content (AvgIpc) is 3.48. The third kappa shape index (κ3) is 11.7. The maximum atomic E-state index is 11.7. The standard InChI is InChI=1S/C33H47N5O3/c34-33(35)37-24-29(23-32(40)41)30(38-31-15-11-20-36-31)19-18-26(12-7-5-3-1-2-4-6-10-21-39)28-17-16-25-13-8-9-14-27(25)22-28/h8-9,11,13-17,20,22-23,26,30,36,38-39H,1-7,10,12,18-19,21,24H2,(H,40,41)(H4,34,35,37). The molecule has 0 aliphatic carbocycles. The first-order valence-corrected chi connectivity index (χ1v) is 14.9. The summed E-state index contributed by atoms with van der Waals surface area (Å²) in [5.74, 6) is 0.0670. The van der Waals surface area contributed by atoms with Gasteiger partial charge < -0.3 is 32.0 Å². The van der Waals surface area contributed by atoms with Crippen LogP contribution in [0, 0.1) is 0 Å². The highest BCUT2D eigenvalue weighted by Crippen LogP contribution is 2.32. The molecule has 0 bridgehead atoms. The molecular formula is C33H47N5O3. The summed E-state index contributed by atoms with van der Waals surface area (Å²) in [5, 5.41) is 24.5. The number of rotatable bonds is 20. The second kappa shape index (κ2) is 17.8. The summed E-state index contributed by atoms with van der Waals surface area (Å²) < 4.78 is 0. The predicted molar refractivity (Wildman–Crippen MR) is 169 cm³/mol. The maximum Gasteiger partial charge on any atom is 0.328 e. The number of nitrogens with zero attached hydrogens (tertiary/aromatic N) is 1. The third-order valence-electron chi connectivity index (χ3n) is 7.64. The minimum atomic E-state index is -1.02. The molecule has 1 heterocycles. The number of aliphatic hydroxyl groups excluding tert-OH is 1. The predicted octanol–water partition coefficient (Wildman–Crippen LogP) is 6.30. The average molecular weight is 562 g/mol. The summed E-state index contributed by atoms with van der Waals surface area (Å²) in [4.78, 5) is 19.0. The number of anilines is 1. The number of H-pyrrole nitrogens is 1. The molecule has 222 valence electrons. The molecule has 0 fully saturated rings. The number of carboxylic acids is 1. The Hall–Kier alpha value is -3.78. The van der Waals surface area contributed by atoms with Gasteiger partial charge in [-0.05, 0) is 65.6 Å². The van der Waals surface area contributed by atoms with Crippen molar-refractivity contribution < 1.29 is 15.0 Å². The number of aliphatic carboxylic acids is 1. The molecule has 3 aromatic rings. The van der Waals surface area contributed by atoms with Crippen LogP contribution in [0.1, 0.15) is 82.1 Å². The molecule has 2 aromatic carbocycles. The fraction of sp³-hybridized carbons (Fsp3) is 0.455. The van der Waals surface area contributed by atoms with Gasteiger partial charge in [-0.2, -0.15) is 0 Å². The summed E-state index contributed by atoms with van der Waals surface area (Å²) in [6.45, 7) is 0.408. The zero-order valence-corrected chi connectivity index (χ0v) is 24.1. The molecule has 8 N–H and O–H groups in total. The number of hydrogen-bond donors (Lipinski definition) is 6. The Bertz CT molecular complexity index is 1230. The van der Waals surface area contributed by atoms with Gasteiger partial charge in [0.25, 0.3) is 0 Å². The first-order chi connectivity index (χ1) is 20.0. The van der Waals surface area contributed by atoms with Gasteiger partial charge >= 0.3 is 5.97 Å². The number of nitrogens with one attached hydrogen (secondary N) is 2. The van der Waals surface area contributed by atoms with Gasteiger partial charge in [0.15, 0.2) is 5.96 Å². The lowest BCUT2D eigenvalue weighted by Gasteiger charge is -2.25. The number of aromatic nitrogens is 1. The van der Waals surface area contributed by atoms with Gasteiger partial charge in [0.2, 0.25) is 0 Å². The molecule has 0 aliphatic heterocycles. The van der Waals surface area contributed by atoms with Crippen molar-refractivity contribution >= 4 is 28.5 Å². The van der Waals surface area contributed by atoms with Crippen molar-refractivity contribution in [3.05, 3.63) is 78.0 Å². The molecule has 0 aliphatic rings. The highest BCUT2D eigenvalue weighted by molar-refractivity contribution is 5.83. The van der Waals surface area contributed by atoms with E-state index >= 15 is 0 Å². The molecule has 41 heavy (non-hydrogen) atoms. The van der Waals surface area contributed by atoms with E-state index in [0.29, 0.717) is 18.1 Å². The molecule has 3 rings (SSSR count). The molecule has 0 saturated carbocycles. The van der Waals surface area contributed by atoms with Gasteiger partial charge in [-0.25, -0.2) is 9.79 Å². The summed E-state index contributed by atoms with van der Waals surface area (Å²) in [5.41, 5.74) is 13.1. The van der Waals surface area contributed by atoms with Crippen molar-refractivity contribution in [3.63, 3.8) is 0 Å². The lowest BCUT2D eigenvalue weighted by molar-refractivity contribution is -0.131. The first kappa shape index (κ1) is 31.7. The molecule has 0 radical (unpaired) electrons. The van der Waals surface area contributed by atoms with Gasteiger partial charge in [0, 0.05) is 18.9 Å². The van der Waals surface area contributed by atoms with E-state index in [4.69, 9.17) is 16.6 Å². The quantitative estimate of drug-likeness (QED) is 0.0412. The van der Waals surface area contributed by atoms with E-state index in [0.717, 1.165) is 44.3 Å². The van der Waals surface area contributed by atoms with Crippen molar-refractivity contribution in [1.29, 1.82) is 0 Å². The van der Waals surface area contributed by atoms with Crippen LogP contribution < -0.4 is 16.8 Å². The molecule has 0 amide bonds. The molecule has 2 unspecified atom stereocenters. The number of benzene rings is 2. The highest BCUT2D eigenvalue weighted by atomic mass is 16.4. The molecule has 8 nitrogen and oxygen atoms in total. The van der Waals surface area contributed by atoms with Crippen molar-refractivity contribution in [2.75, 3.05) is 18.5 Å². The largest absolute Gasteiger partial charge is 0.478 e. The van der Waals surface area contributed by atoms with Gasteiger partial charge in [0.05, 0.1) is 12.6 Å². The molecule has 8 heteroatoms. The number of aliphatic hydroxyl groups is 1. The van der Waals surface area contributed by atoms with Crippen LogP contribution in [0.5, 0.6) is 0 Å². The fourth-order valence-corrected chi connectivity index (χ4v) is 5.43. The number of nitrogens with two attached hydrogens (primary N) is 2. The Labute approximate surface area is 243 Å². The number of unbranched alkanes of at least 4 members (excludes halogenated alkanes) is 7. The van der Waals surface area contributed by atoms with E-state index in [2.05, 4.69) is 57.8 Å². The smallest absolute Gasteiger partial charge is 0.328 e. The number of carbonyl (C=O) groups is 1. The van der Waals surface area contributed by atoms with Crippen molar-refractivity contribution in [3.8, 4) is 0 Å². The molecule has 2 atom stereocenters. The summed E-state index contributed by atoms with van der Waals surface area (Å²) in [6, 6.07) is 18.8. The van der Waals surface area contributed by atoms with Crippen LogP contribution in [0.25, 0.3) is 10.8 Å². The Kier molecular flexibility index (Phi) is 13.8. The highest BCUT2D eigenvalue weighted by Gasteiger charge is 2.20. The number of guanidine groups is 1. The van der Waals surface area contributed by atoms with Crippen LogP contribution in [0.3, 0.4) is 0 Å². The summed E-state index contributed by atoms with van der Waals surface area (Å²) in [7, 11) is 0. The maximum absolute atomic E-state index is 11.7. The number of hydrogen-bond acceptors (Lipinski definition) is 4. The normalized spacial score (nSPS) is 13.1. The van der Waals surface area contributed by atoms with Gasteiger partial charge in [0.1, 0.15) is 5.82 Å². The van der Waals surface area contributed by atoms with Crippen molar-refractivity contribution in [2.45, 2.75) is 82.6 Å². The monoisotopic (exact) mass is 561 g/mol. The molecular weight excluding hydrogens is 514 g/mol. The molecule has 1 aromatic heterocycles. The Morgan fingerprint density at radius 3 is 2.24 bits per heavy atom. The molecule has 0 saturated heterocycles. The number of aliphatic imine (C=N–C) groups is 1. The van der Waals surface area contributed by atoms with Crippen LogP contribution in [-0.4, -0.2) is 46.3 Å². The van der Waals surface area contributed by atoms with Crippen LogP contribution in [0.4, 0.5) is 5.82 Å². The minimum absolute atomic E-state index is 0.0673. The zero-order valence-electron chi connectivity index (χ0n) is 24.1. The van der Waals surface area contributed by atoms with Crippen LogP contribution in [0.15, 0.2) is 77.4 Å². The van der Waals surface area contributed by atoms with E-state index in [-0.39, 0.29) is 18.5 Å². The Balaban J connectivity index is 1.74. The SMILES string of the molecule is NC(N)=NCC(=CC(=O)O)C(CCC(CCCCCCCCCCO)c1ccc2ccccc2c1)Nc1ccc[nH]1. The second-order valence-electron chi connectivity index (χ2n) is 10.8. The lowest BCUT2D eigenvalue weighted by atomic mass is 9.85. The number of fused-ring (bicyclic) bond motifs is 1. The fourth-order valence-electron chi connectivity index (χ4n) is 5.43. The summed E-state index contributed by atoms with van der Waals surface area (Å²) >= 11 is 0. The number of carboxylic acid groups (broad SMARTS) is 1. The van der Waals surface area contributed by atoms with E-state index in [1.54, 1.807) is 0 Å². The minimum Gasteiger partial charge on any atom is -0.478 e. The van der Waals surface area contributed by atoms with Gasteiger partial charge in [-0.3, -0.25) is 0 Å². The van der Waals surface area contributed by atoms with E-state index in [1.807, 2.05) is 18.3 Å².